The molecule has 0 saturated carbocycles. The van der Waals surface area contributed by atoms with E-state index in [-0.39, 0.29) is 24.0 Å². The lowest BCUT2D eigenvalue weighted by Crippen LogP contribution is -2.39. The molecule has 0 atom stereocenters. The number of benzene rings is 2. The zero-order valence-corrected chi connectivity index (χ0v) is 18.4. The van der Waals surface area contributed by atoms with Gasteiger partial charge in [-0.25, -0.2) is 0 Å². The Hall–Kier alpha value is -1.80. The van der Waals surface area contributed by atoms with E-state index in [9.17, 15) is 0 Å². The molecule has 148 valence electrons. The summed E-state index contributed by atoms with van der Waals surface area (Å²) < 4.78 is 11.1. The average Bonchev–Trinajstić information content (AvgIpc) is 2.70. The van der Waals surface area contributed by atoms with Crippen LogP contribution in [0.4, 0.5) is 0 Å². The van der Waals surface area contributed by atoms with Crippen LogP contribution >= 0.6 is 24.0 Å². The van der Waals surface area contributed by atoms with Crippen LogP contribution < -0.4 is 15.4 Å². The summed E-state index contributed by atoms with van der Waals surface area (Å²) in [7, 11) is 1.77. The van der Waals surface area contributed by atoms with E-state index in [4.69, 9.17) is 9.47 Å². The van der Waals surface area contributed by atoms with Crippen molar-refractivity contribution in [2.75, 3.05) is 33.4 Å². The van der Waals surface area contributed by atoms with E-state index in [1.165, 1.54) is 11.1 Å². The normalized spacial score (nSPS) is 10.8. The van der Waals surface area contributed by atoms with Gasteiger partial charge in [0, 0.05) is 26.7 Å². The van der Waals surface area contributed by atoms with Gasteiger partial charge in [0.25, 0.3) is 0 Å². The van der Waals surface area contributed by atoms with Gasteiger partial charge in [-0.15, -0.1) is 24.0 Å². The van der Waals surface area contributed by atoms with Gasteiger partial charge in [0.1, 0.15) is 12.4 Å². The smallest absolute Gasteiger partial charge is 0.191 e. The van der Waals surface area contributed by atoms with E-state index in [1.807, 2.05) is 37.3 Å². The third-order valence-electron chi connectivity index (χ3n) is 3.84. The van der Waals surface area contributed by atoms with Crippen molar-refractivity contribution in [2.45, 2.75) is 20.0 Å². The zero-order chi connectivity index (χ0) is 18.5. The van der Waals surface area contributed by atoms with E-state index < -0.39 is 0 Å². The van der Waals surface area contributed by atoms with Gasteiger partial charge in [-0.05, 0) is 36.6 Å². The molecule has 5 nitrogen and oxygen atoms in total. The Morgan fingerprint density at radius 3 is 2.30 bits per heavy atom. The van der Waals surface area contributed by atoms with Crippen molar-refractivity contribution in [1.29, 1.82) is 0 Å². The van der Waals surface area contributed by atoms with Crippen molar-refractivity contribution in [2.24, 2.45) is 4.99 Å². The number of guanidine groups is 1. The Bertz CT molecular complexity index is 648. The fourth-order valence-electron chi connectivity index (χ4n) is 2.43. The Morgan fingerprint density at radius 2 is 1.63 bits per heavy atom. The summed E-state index contributed by atoms with van der Waals surface area (Å²) in [5.74, 6) is 1.69. The Morgan fingerprint density at radius 1 is 0.926 bits per heavy atom. The van der Waals surface area contributed by atoms with E-state index in [2.05, 4.69) is 39.9 Å². The Balaban J connectivity index is 0.00000364. The van der Waals surface area contributed by atoms with E-state index in [1.54, 1.807) is 7.05 Å². The minimum atomic E-state index is 0. The first-order chi connectivity index (χ1) is 12.8. The molecule has 0 saturated heterocycles. The quantitative estimate of drug-likeness (QED) is 0.235. The van der Waals surface area contributed by atoms with Crippen LogP contribution in [0, 0.1) is 0 Å². The number of aliphatic imine (C=N–C) groups is 1. The van der Waals surface area contributed by atoms with Gasteiger partial charge in [0.2, 0.25) is 0 Å². The standard InChI is InChI=1S/C21H29N3O2.HI/c1-3-25-16-15-24-21(22-2)23-14-13-18-9-11-20(12-10-18)26-17-19-7-5-4-6-8-19;/h4-12H,3,13-17H2,1-2H3,(H2,22,23,24);1H. The molecule has 0 heterocycles. The highest BCUT2D eigenvalue weighted by Gasteiger charge is 1.99. The molecule has 0 amide bonds. The average molecular weight is 483 g/mol. The maximum absolute atomic E-state index is 5.81. The van der Waals surface area contributed by atoms with E-state index in [0.29, 0.717) is 13.2 Å². The molecular formula is C21H30IN3O2. The number of hydrogen-bond acceptors (Lipinski definition) is 3. The van der Waals surface area contributed by atoms with Crippen molar-refractivity contribution in [1.82, 2.24) is 10.6 Å². The molecular weight excluding hydrogens is 453 g/mol. The van der Waals surface area contributed by atoms with E-state index >= 15 is 0 Å². The molecule has 0 bridgehead atoms. The lowest BCUT2D eigenvalue weighted by Gasteiger charge is -2.12. The number of rotatable bonds is 10. The summed E-state index contributed by atoms with van der Waals surface area (Å²) >= 11 is 0. The van der Waals surface area contributed by atoms with Gasteiger partial charge in [0.15, 0.2) is 5.96 Å². The van der Waals surface area contributed by atoms with Crippen molar-refractivity contribution in [3.8, 4) is 5.75 Å². The van der Waals surface area contributed by atoms with Crippen LogP contribution in [0.3, 0.4) is 0 Å². The lowest BCUT2D eigenvalue weighted by atomic mass is 10.1. The minimum Gasteiger partial charge on any atom is -0.489 e. The number of nitrogens with one attached hydrogen (secondary N) is 2. The predicted molar refractivity (Wildman–Crippen MR) is 122 cm³/mol. The number of ether oxygens (including phenoxy) is 2. The fraction of sp³-hybridized carbons (Fsp3) is 0.381. The second kappa shape index (κ2) is 14.3. The molecule has 0 unspecified atom stereocenters. The van der Waals surface area contributed by atoms with Gasteiger partial charge in [-0.2, -0.15) is 0 Å². The van der Waals surface area contributed by atoms with Crippen molar-refractivity contribution >= 4 is 29.9 Å². The summed E-state index contributed by atoms with van der Waals surface area (Å²) in [6, 6.07) is 18.4. The molecule has 0 aliphatic heterocycles. The summed E-state index contributed by atoms with van der Waals surface area (Å²) in [4.78, 5) is 4.20. The maximum atomic E-state index is 5.81. The highest BCUT2D eigenvalue weighted by atomic mass is 127. The third kappa shape index (κ3) is 9.63. The van der Waals surface area contributed by atoms with Crippen molar-refractivity contribution in [3.63, 3.8) is 0 Å². The van der Waals surface area contributed by atoms with Crippen LogP contribution in [0.2, 0.25) is 0 Å². The second-order valence-electron chi connectivity index (χ2n) is 5.79. The first kappa shape index (κ1) is 23.2. The lowest BCUT2D eigenvalue weighted by molar-refractivity contribution is 0.152. The minimum absolute atomic E-state index is 0. The van der Waals surface area contributed by atoms with Crippen LogP contribution in [-0.2, 0) is 17.8 Å². The van der Waals surface area contributed by atoms with Crippen LogP contribution in [0.5, 0.6) is 5.75 Å². The summed E-state index contributed by atoms with van der Waals surface area (Å²) in [6.07, 6.45) is 0.922. The third-order valence-corrected chi connectivity index (χ3v) is 3.84. The number of nitrogens with zero attached hydrogens (tertiary/aromatic N) is 1. The molecule has 27 heavy (non-hydrogen) atoms. The Labute approximate surface area is 179 Å². The molecule has 2 rings (SSSR count). The summed E-state index contributed by atoms with van der Waals surface area (Å²) in [5.41, 5.74) is 2.43. The monoisotopic (exact) mass is 483 g/mol. The zero-order valence-electron chi connectivity index (χ0n) is 16.1. The molecule has 0 fully saturated rings. The summed E-state index contributed by atoms with van der Waals surface area (Å²) in [6.45, 7) is 5.57. The molecule has 2 aromatic rings. The molecule has 0 aliphatic rings. The van der Waals surface area contributed by atoms with Gasteiger partial charge < -0.3 is 20.1 Å². The van der Waals surface area contributed by atoms with Gasteiger partial charge in [-0.1, -0.05) is 42.5 Å². The molecule has 6 heteroatoms. The molecule has 0 aliphatic carbocycles. The highest BCUT2D eigenvalue weighted by Crippen LogP contribution is 2.14. The van der Waals surface area contributed by atoms with Crippen LogP contribution in [0.1, 0.15) is 18.1 Å². The molecule has 0 spiro atoms. The topological polar surface area (TPSA) is 54.9 Å². The van der Waals surface area contributed by atoms with Crippen LogP contribution in [0.15, 0.2) is 59.6 Å². The highest BCUT2D eigenvalue weighted by molar-refractivity contribution is 14.0. The van der Waals surface area contributed by atoms with Crippen molar-refractivity contribution in [3.05, 3.63) is 65.7 Å². The number of hydrogen-bond donors (Lipinski definition) is 2. The molecule has 0 aromatic heterocycles. The predicted octanol–water partition coefficient (Wildman–Crippen LogP) is 3.63. The number of halogens is 1. The SMILES string of the molecule is CCOCCNC(=NC)NCCc1ccc(OCc2ccccc2)cc1.I. The maximum Gasteiger partial charge on any atom is 0.191 e. The largest absolute Gasteiger partial charge is 0.489 e. The summed E-state index contributed by atoms with van der Waals surface area (Å²) in [5, 5.41) is 6.53. The molecule has 2 N–H and O–H groups in total. The Kier molecular flexibility index (Phi) is 12.3. The first-order valence-electron chi connectivity index (χ1n) is 9.09. The molecule has 2 aromatic carbocycles. The van der Waals surface area contributed by atoms with Gasteiger partial charge in [-0.3, -0.25) is 4.99 Å². The first-order valence-corrected chi connectivity index (χ1v) is 9.09. The van der Waals surface area contributed by atoms with Crippen LogP contribution in [-0.4, -0.2) is 39.3 Å². The van der Waals surface area contributed by atoms with Crippen molar-refractivity contribution < 1.29 is 9.47 Å². The molecule has 0 radical (unpaired) electrons. The van der Waals surface area contributed by atoms with Gasteiger partial charge in [0.05, 0.1) is 6.61 Å². The van der Waals surface area contributed by atoms with Gasteiger partial charge >= 0.3 is 0 Å². The van der Waals surface area contributed by atoms with Crippen LogP contribution in [0.25, 0.3) is 0 Å². The second-order valence-corrected chi connectivity index (χ2v) is 5.79. The fourth-order valence-corrected chi connectivity index (χ4v) is 2.43. The van der Waals surface area contributed by atoms with E-state index in [0.717, 1.165) is 37.8 Å².